The van der Waals surface area contributed by atoms with Crippen LogP contribution < -0.4 is 0 Å². The fourth-order valence-corrected chi connectivity index (χ4v) is 1.01. The topological polar surface area (TPSA) is 89.8 Å². The van der Waals surface area contributed by atoms with Crippen molar-refractivity contribution in [3.05, 3.63) is 0 Å². The standard InChI is InChI=1S/C6H11O5/c7-1-4-6(10)5(9)3(8)2-11-4/h3-6,8-10H,1-2H2/t3-,4+,5+,6-/m0/s1. The molecule has 1 heterocycles. The van der Waals surface area contributed by atoms with Gasteiger partial charge in [-0.3, -0.25) is 0 Å². The van der Waals surface area contributed by atoms with E-state index < -0.39 is 31.0 Å². The SMILES string of the molecule is [O]C[C@H]1OC[C@H](O)[C@@H](O)[C@H]1O. The first kappa shape index (κ1) is 8.89. The molecule has 1 fully saturated rings. The van der Waals surface area contributed by atoms with Gasteiger partial charge in [-0.05, 0) is 0 Å². The summed E-state index contributed by atoms with van der Waals surface area (Å²) in [7, 11) is 0. The minimum atomic E-state index is -1.27. The number of aliphatic hydroxyl groups is 3. The van der Waals surface area contributed by atoms with Gasteiger partial charge in [0.25, 0.3) is 0 Å². The van der Waals surface area contributed by atoms with Gasteiger partial charge in [-0.2, -0.15) is 0 Å². The molecule has 0 amide bonds. The third-order valence-corrected chi connectivity index (χ3v) is 1.77. The summed E-state index contributed by atoms with van der Waals surface area (Å²) < 4.78 is 4.75. The van der Waals surface area contributed by atoms with Crippen LogP contribution in [-0.4, -0.2) is 52.9 Å². The van der Waals surface area contributed by atoms with Crippen molar-refractivity contribution < 1.29 is 25.2 Å². The van der Waals surface area contributed by atoms with Crippen molar-refractivity contribution in [2.45, 2.75) is 24.4 Å². The quantitative estimate of drug-likeness (QED) is 0.413. The molecule has 5 nitrogen and oxygen atoms in total. The molecule has 3 N–H and O–H groups in total. The molecule has 5 heteroatoms. The van der Waals surface area contributed by atoms with Crippen molar-refractivity contribution in [3.63, 3.8) is 0 Å². The zero-order valence-corrected chi connectivity index (χ0v) is 5.88. The lowest BCUT2D eigenvalue weighted by Crippen LogP contribution is -2.53. The van der Waals surface area contributed by atoms with E-state index in [0.717, 1.165) is 0 Å². The lowest BCUT2D eigenvalue weighted by Gasteiger charge is -2.33. The molecule has 0 unspecified atom stereocenters. The second-order valence-corrected chi connectivity index (χ2v) is 2.59. The summed E-state index contributed by atoms with van der Waals surface area (Å²) in [6.45, 7) is -0.698. The smallest absolute Gasteiger partial charge is 0.113 e. The Balaban J connectivity index is 2.52. The lowest BCUT2D eigenvalue weighted by molar-refractivity contribution is -0.199. The molecule has 1 rings (SSSR count). The van der Waals surface area contributed by atoms with Gasteiger partial charge in [-0.25, -0.2) is 5.11 Å². The molecule has 1 aliphatic rings. The van der Waals surface area contributed by atoms with Crippen molar-refractivity contribution >= 4 is 0 Å². The molecule has 0 aromatic heterocycles. The van der Waals surface area contributed by atoms with Gasteiger partial charge >= 0.3 is 0 Å². The Morgan fingerprint density at radius 2 is 1.91 bits per heavy atom. The van der Waals surface area contributed by atoms with Gasteiger partial charge in [0.2, 0.25) is 0 Å². The zero-order valence-electron chi connectivity index (χ0n) is 5.88. The minimum Gasteiger partial charge on any atom is -0.388 e. The molecule has 0 aliphatic carbocycles. The number of rotatable bonds is 1. The van der Waals surface area contributed by atoms with E-state index in [2.05, 4.69) is 0 Å². The van der Waals surface area contributed by atoms with E-state index in [9.17, 15) is 5.11 Å². The molecule has 0 aromatic rings. The second kappa shape index (κ2) is 3.46. The average Bonchev–Trinajstić information content (AvgIpc) is 2.01. The second-order valence-electron chi connectivity index (χ2n) is 2.59. The molecule has 0 aromatic carbocycles. The first-order chi connectivity index (χ1) is 5.16. The maximum Gasteiger partial charge on any atom is 0.113 e. The Bertz CT molecular complexity index is 126. The summed E-state index contributed by atoms with van der Waals surface area (Å²) in [4.78, 5) is 0. The summed E-state index contributed by atoms with van der Waals surface area (Å²) in [5, 5.41) is 37.3. The van der Waals surface area contributed by atoms with Gasteiger partial charge in [0.05, 0.1) is 6.61 Å². The van der Waals surface area contributed by atoms with Crippen molar-refractivity contribution in [1.29, 1.82) is 0 Å². The highest BCUT2D eigenvalue weighted by Gasteiger charge is 2.37. The fraction of sp³-hybridized carbons (Fsp3) is 1.00. The van der Waals surface area contributed by atoms with Gasteiger partial charge in [-0.1, -0.05) is 0 Å². The van der Waals surface area contributed by atoms with E-state index in [1.807, 2.05) is 0 Å². The lowest BCUT2D eigenvalue weighted by atomic mass is 10.0. The van der Waals surface area contributed by atoms with Crippen LogP contribution in [0.1, 0.15) is 0 Å². The van der Waals surface area contributed by atoms with Gasteiger partial charge in [0.1, 0.15) is 31.0 Å². The molecule has 0 spiro atoms. The minimum absolute atomic E-state index is 0.0921. The highest BCUT2D eigenvalue weighted by Crippen LogP contribution is 2.14. The molecule has 11 heavy (non-hydrogen) atoms. The van der Waals surface area contributed by atoms with Crippen molar-refractivity contribution in [3.8, 4) is 0 Å². The fourth-order valence-electron chi connectivity index (χ4n) is 1.01. The predicted molar refractivity (Wildman–Crippen MR) is 33.3 cm³/mol. The van der Waals surface area contributed by atoms with Crippen LogP contribution in [-0.2, 0) is 9.84 Å². The normalized spacial score (nSPS) is 45.8. The van der Waals surface area contributed by atoms with Crippen molar-refractivity contribution in [2.75, 3.05) is 13.2 Å². The van der Waals surface area contributed by atoms with E-state index in [1.54, 1.807) is 0 Å². The molecule has 0 saturated carbocycles. The van der Waals surface area contributed by atoms with Crippen LogP contribution in [0.2, 0.25) is 0 Å². The molecule has 4 atom stereocenters. The largest absolute Gasteiger partial charge is 0.388 e. The summed E-state index contributed by atoms with van der Waals surface area (Å²) >= 11 is 0. The average molecular weight is 163 g/mol. The Kier molecular flexibility index (Phi) is 2.80. The number of aliphatic hydroxyl groups excluding tert-OH is 3. The first-order valence-electron chi connectivity index (χ1n) is 3.40. The van der Waals surface area contributed by atoms with Gasteiger partial charge in [-0.15, -0.1) is 0 Å². The summed E-state index contributed by atoms with van der Waals surface area (Å²) in [6, 6.07) is 0. The highest BCUT2D eigenvalue weighted by atomic mass is 16.5. The number of hydrogen-bond acceptors (Lipinski definition) is 4. The molecular formula is C6H11O5. The summed E-state index contributed by atoms with van der Waals surface area (Å²) in [6.07, 6.45) is -4.51. The molecule has 65 valence electrons. The Morgan fingerprint density at radius 1 is 1.27 bits per heavy atom. The van der Waals surface area contributed by atoms with Crippen LogP contribution in [0.25, 0.3) is 0 Å². The van der Waals surface area contributed by atoms with Crippen LogP contribution in [0.4, 0.5) is 0 Å². The van der Waals surface area contributed by atoms with E-state index in [0.29, 0.717) is 0 Å². The van der Waals surface area contributed by atoms with Crippen LogP contribution in [0.5, 0.6) is 0 Å². The van der Waals surface area contributed by atoms with Crippen LogP contribution in [0, 0.1) is 0 Å². The highest BCUT2D eigenvalue weighted by molar-refractivity contribution is 4.85. The van der Waals surface area contributed by atoms with E-state index in [1.165, 1.54) is 0 Å². The Morgan fingerprint density at radius 3 is 2.45 bits per heavy atom. The number of hydrogen-bond donors (Lipinski definition) is 3. The Labute approximate surface area is 63.8 Å². The predicted octanol–water partition coefficient (Wildman–Crippen LogP) is -2.10. The first-order valence-corrected chi connectivity index (χ1v) is 3.40. The van der Waals surface area contributed by atoms with Crippen LogP contribution in [0.3, 0.4) is 0 Å². The van der Waals surface area contributed by atoms with E-state index in [-0.39, 0.29) is 6.61 Å². The van der Waals surface area contributed by atoms with Gasteiger partial charge < -0.3 is 20.1 Å². The van der Waals surface area contributed by atoms with E-state index in [4.69, 9.17) is 20.1 Å². The Hall–Kier alpha value is -0.200. The van der Waals surface area contributed by atoms with Crippen LogP contribution >= 0.6 is 0 Å². The summed E-state index contributed by atoms with van der Waals surface area (Å²) in [5.74, 6) is 0. The molecule has 1 aliphatic heterocycles. The maximum atomic E-state index is 10.3. The molecule has 1 radical (unpaired) electrons. The van der Waals surface area contributed by atoms with E-state index >= 15 is 0 Å². The van der Waals surface area contributed by atoms with Gasteiger partial charge in [0, 0.05) is 0 Å². The van der Waals surface area contributed by atoms with Crippen molar-refractivity contribution in [2.24, 2.45) is 0 Å². The maximum absolute atomic E-state index is 10.3. The summed E-state index contributed by atoms with van der Waals surface area (Å²) in [5.41, 5.74) is 0. The zero-order chi connectivity index (χ0) is 8.43. The van der Waals surface area contributed by atoms with Crippen molar-refractivity contribution in [1.82, 2.24) is 0 Å². The molecule has 0 bridgehead atoms. The third kappa shape index (κ3) is 1.69. The molecule has 1 saturated heterocycles. The number of ether oxygens (including phenoxy) is 1. The third-order valence-electron chi connectivity index (χ3n) is 1.77. The monoisotopic (exact) mass is 163 g/mol. The van der Waals surface area contributed by atoms with Gasteiger partial charge in [0.15, 0.2) is 0 Å². The molecular weight excluding hydrogens is 152 g/mol. The van der Waals surface area contributed by atoms with Crippen LogP contribution in [0.15, 0.2) is 0 Å².